The Balaban J connectivity index is 2.62. The highest BCUT2D eigenvalue weighted by Gasteiger charge is 2.28. The number of thioether (sulfide) groups is 1. The van der Waals surface area contributed by atoms with Crippen LogP contribution in [-0.2, 0) is 9.59 Å². The largest absolute Gasteiger partial charge is 0.326 e. The smallest absolute Gasteiger partial charge is 0.270 e. The van der Waals surface area contributed by atoms with Gasteiger partial charge in [-0.05, 0) is 19.9 Å². The second kappa shape index (κ2) is 7.14. The number of halogens is 1. The standard InChI is InChI=1S/C15H14ClN3O4S/c1-7-13(8(2)20)14(24-15(17-7)18-9(3)21)11-6-10(19(22)23)4-5-12(11)16/h4-6,15H,1-3H3,(H,18,21). The van der Waals surface area contributed by atoms with Crippen LogP contribution < -0.4 is 5.32 Å². The number of Topliss-reactive ketones (excluding diaryl/α,β-unsaturated/α-hetero) is 1. The molecule has 1 aromatic rings. The van der Waals surface area contributed by atoms with Crippen LogP contribution in [0, 0.1) is 10.1 Å². The first-order valence-electron chi connectivity index (χ1n) is 6.88. The molecule has 1 amide bonds. The van der Waals surface area contributed by atoms with Gasteiger partial charge in [-0.2, -0.15) is 0 Å². The van der Waals surface area contributed by atoms with Crippen LogP contribution in [0.2, 0.25) is 5.02 Å². The maximum Gasteiger partial charge on any atom is 0.270 e. The molecule has 0 aliphatic carbocycles. The Hall–Kier alpha value is -2.19. The van der Waals surface area contributed by atoms with Crippen LogP contribution in [0.4, 0.5) is 5.69 Å². The lowest BCUT2D eigenvalue weighted by atomic mass is 10.0. The molecule has 0 bridgehead atoms. The van der Waals surface area contributed by atoms with E-state index in [9.17, 15) is 19.7 Å². The number of non-ortho nitro benzene ring substituents is 1. The van der Waals surface area contributed by atoms with E-state index in [1.165, 1.54) is 32.0 Å². The minimum Gasteiger partial charge on any atom is -0.326 e. The molecule has 0 saturated carbocycles. The molecule has 24 heavy (non-hydrogen) atoms. The van der Waals surface area contributed by atoms with Crippen molar-refractivity contribution in [2.75, 3.05) is 0 Å². The first-order valence-corrected chi connectivity index (χ1v) is 8.14. The third-order valence-corrected chi connectivity index (χ3v) is 4.65. The minimum atomic E-state index is -0.629. The van der Waals surface area contributed by atoms with E-state index in [0.717, 1.165) is 11.8 Å². The maximum atomic E-state index is 12.0. The molecular formula is C15H14ClN3O4S. The summed E-state index contributed by atoms with van der Waals surface area (Å²) < 4.78 is 0. The molecule has 9 heteroatoms. The number of hydrogen-bond acceptors (Lipinski definition) is 6. The molecule has 0 aromatic heterocycles. The summed E-state index contributed by atoms with van der Waals surface area (Å²) in [5, 5.41) is 13.9. The van der Waals surface area contributed by atoms with Crippen LogP contribution in [0.3, 0.4) is 0 Å². The van der Waals surface area contributed by atoms with Crippen LogP contribution >= 0.6 is 23.4 Å². The topological polar surface area (TPSA) is 102 Å². The van der Waals surface area contributed by atoms with E-state index in [1.54, 1.807) is 6.92 Å². The van der Waals surface area contributed by atoms with Crippen molar-refractivity contribution in [2.45, 2.75) is 26.3 Å². The average Bonchev–Trinajstić information content (AvgIpc) is 2.45. The quantitative estimate of drug-likeness (QED) is 0.650. The summed E-state index contributed by atoms with van der Waals surface area (Å²) in [5.41, 5.74) is 0.379. The fourth-order valence-electron chi connectivity index (χ4n) is 2.25. The number of rotatable bonds is 4. The molecule has 7 nitrogen and oxygen atoms in total. The van der Waals surface area contributed by atoms with Gasteiger partial charge in [0, 0.05) is 40.3 Å². The summed E-state index contributed by atoms with van der Waals surface area (Å²) in [6.07, 6.45) is 0. The molecule has 0 spiro atoms. The summed E-state index contributed by atoms with van der Waals surface area (Å²) in [4.78, 5) is 38.6. The lowest BCUT2D eigenvalue weighted by Crippen LogP contribution is -2.32. The van der Waals surface area contributed by atoms with Crippen molar-refractivity contribution in [1.29, 1.82) is 0 Å². The predicted molar refractivity (Wildman–Crippen MR) is 94.0 cm³/mol. The highest BCUT2D eigenvalue weighted by molar-refractivity contribution is 8.09. The molecule has 1 aliphatic heterocycles. The van der Waals surface area contributed by atoms with Crippen molar-refractivity contribution in [3.05, 3.63) is 44.5 Å². The maximum absolute atomic E-state index is 12.0. The molecule has 1 aliphatic rings. The van der Waals surface area contributed by atoms with Gasteiger partial charge in [-0.25, -0.2) is 0 Å². The van der Waals surface area contributed by atoms with Crippen molar-refractivity contribution in [1.82, 2.24) is 5.32 Å². The Kier molecular flexibility index (Phi) is 5.40. The number of nitrogens with zero attached hydrogens (tertiary/aromatic N) is 2. The zero-order valence-electron chi connectivity index (χ0n) is 13.1. The number of amides is 1. The van der Waals surface area contributed by atoms with Crippen molar-refractivity contribution >= 4 is 51.4 Å². The number of benzene rings is 1. The number of hydrogen-bond donors (Lipinski definition) is 1. The molecule has 2 rings (SSSR count). The number of nitro groups is 1. The number of ketones is 1. The Morgan fingerprint density at radius 3 is 2.58 bits per heavy atom. The van der Waals surface area contributed by atoms with E-state index in [2.05, 4.69) is 10.3 Å². The van der Waals surface area contributed by atoms with E-state index < -0.39 is 10.4 Å². The number of carbonyl (C=O) groups is 2. The first-order chi connectivity index (χ1) is 11.2. The van der Waals surface area contributed by atoms with Gasteiger partial charge in [0.25, 0.3) is 5.69 Å². The Morgan fingerprint density at radius 1 is 1.38 bits per heavy atom. The average molecular weight is 368 g/mol. The van der Waals surface area contributed by atoms with E-state index in [1.807, 2.05) is 0 Å². The third kappa shape index (κ3) is 3.82. The van der Waals surface area contributed by atoms with Gasteiger partial charge >= 0.3 is 0 Å². The zero-order chi connectivity index (χ0) is 18.0. The Morgan fingerprint density at radius 2 is 2.04 bits per heavy atom. The van der Waals surface area contributed by atoms with E-state index in [0.29, 0.717) is 21.8 Å². The fourth-order valence-corrected chi connectivity index (χ4v) is 3.88. The minimum absolute atomic E-state index is 0.137. The molecule has 0 fully saturated rings. The molecule has 1 atom stereocenters. The monoisotopic (exact) mass is 367 g/mol. The molecule has 126 valence electrons. The molecular weight excluding hydrogens is 354 g/mol. The first kappa shape index (κ1) is 18.2. The highest BCUT2D eigenvalue weighted by atomic mass is 35.5. The highest BCUT2D eigenvalue weighted by Crippen LogP contribution is 2.42. The van der Waals surface area contributed by atoms with Gasteiger partial charge in [-0.1, -0.05) is 23.4 Å². The van der Waals surface area contributed by atoms with Gasteiger partial charge in [-0.3, -0.25) is 24.7 Å². The molecule has 1 N–H and O–H groups in total. The normalized spacial score (nSPS) is 17.3. The number of aliphatic imine (C=N–C) groups is 1. The van der Waals surface area contributed by atoms with Crippen molar-refractivity contribution < 1.29 is 14.5 Å². The summed E-state index contributed by atoms with van der Waals surface area (Å²) in [7, 11) is 0. The summed E-state index contributed by atoms with van der Waals surface area (Å²) in [5.74, 6) is -0.512. The van der Waals surface area contributed by atoms with Gasteiger partial charge in [-0.15, -0.1) is 0 Å². The Labute approximate surface area is 147 Å². The summed E-state index contributed by atoms with van der Waals surface area (Å²) in [6, 6.07) is 4.02. The van der Waals surface area contributed by atoms with E-state index >= 15 is 0 Å². The van der Waals surface area contributed by atoms with Crippen LogP contribution in [0.25, 0.3) is 4.91 Å². The molecule has 1 heterocycles. The third-order valence-electron chi connectivity index (χ3n) is 3.21. The summed E-state index contributed by atoms with van der Waals surface area (Å²) >= 11 is 7.32. The predicted octanol–water partition coefficient (Wildman–Crippen LogP) is 3.18. The van der Waals surface area contributed by atoms with E-state index in [-0.39, 0.29) is 22.4 Å². The van der Waals surface area contributed by atoms with Crippen LogP contribution in [-0.4, -0.2) is 27.8 Å². The van der Waals surface area contributed by atoms with Crippen molar-refractivity contribution in [2.24, 2.45) is 4.99 Å². The molecule has 1 unspecified atom stereocenters. The number of allylic oxidation sites excluding steroid dienone is 1. The van der Waals surface area contributed by atoms with Crippen LogP contribution in [0.1, 0.15) is 26.3 Å². The second-order valence-corrected chi connectivity index (χ2v) is 6.56. The lowest BCUT2D eigenvalue weighted by Gasteiger charge is -2.24. The molecule has 0 radical (unpaired) electrons. The van der Waals surface area contributed by atoms with Gasteiger partial charge in [0.15, 0.2) is 11.3 Å². The summed E-state index contributed by atoms with van der Waals surface area (Å²) in [6.45, 7) is 4.39. The number of nitro benzene ring substituents is 1. The SMILES string of the molecule is CC(=O)NC1N=C(C)C(C(C)=O)=C(c2cc([N+](=O)[O-])ccc2Cl)S1. The van der Waals surface area contributed by atoms with Crippen molar-refractivity contribution in [3.63, 3.8) is 0 Å². The van der Waals surface area contributed by atoms with Gasteiger partial charge < -0.3 is 5.32 Å². The van der Waals surface area contributed by atoms with Gasteiger partial charge in [0.05, 0.1) is 10.5 Å². The van der Waals surface area contributed by atoms with Gasteiger partial charge in [0.1, 0.15) is 0 Å². The second-order valence-electron chi connectivity index (χ2n) is 5.07. The van der Waals surface area contributed by atoms with Gasteiger partial charge in [0.2, 0.25) is 5.91 Å². The zero-order valence-corrected chi connectivity index (χ0v) is 14.7. The molecule has 1 aromatic carbocycles. The number of carbonyl (C=O) groups excluding carboxylic acids is 2. The van der Waals surface area contributed by atoms with Crippen molar-refractivity contribution in [3.8, 4) is 0 Å². The molecule has 0 saturated heterocycles. The van der Waals surface area contributed by atoms with Crippen LogP contribution in [0.15, 0.2) is 28.8 Å². The lowest BCUT2D eigenvalue weighted by molar-refractivity contribution is -0.384. The number of nitrogens with one attached hydrogen (secondary N) is 1. The van der Waals surface area contributed by atoms with E-state index in [4.69, 9.17) is 11.6 Å². The van der Waals surface area contributed by atoms with Crippen LogP contribution in [0.5, 0.6) is 0 Å². The fraction of sp³-hybridized carbons (Fsp3) is 0.267. The Bertz CT molecular complexity index is 804.